The molecule has 5 nitrogen and oxygen atoms in total. The van der Waals surface area contributed by atoms with E-state index in [1.807, 2.05) is 56.3 Å². The molecule has 0 aliphatic carbocycles. The van der Waals surface area contributed by atoms with Crippen molar-refractivity contribution in [3.8, 4) is 5.75 Å². The molecule has 2 rings (SSSR count). The Kier molecular flexibility index (Phi) is 8.88. The van der Waals surface area contributed by atoms with E-state index in [9.17, 15) is 9.59 Å². The lowest BCUT2D eigenvalue weighted by Crippen LogP contribution is -2.24. The number of carbonyl (C=O) groups excluding carboxylic acids is 2. The molecule has 28 heavy (non-hydrogen) atoms. The number of para-hydroxylation sites is 1. The molecule has 0 radical (unpaired) electrons. The Morgan fingerprint density at radius 1 is 1.04 bits per heavy atom. The van der Waals surface area contributed by atoms with Gasteiger partial charge >= 0.3 is 0 Å². The van der Waals surface area contributed by atoms with Gasteiger partial charge in [-0.05, 0) is 54.8 Å². The minimum absolute atomic E-state index is 0.00666. The van der Waals surface area contributed by atoms with E-state index in [4.69, 9.17) is 4.74 Å². The fourth-order valence-electron chi connectivity index (χ4n) is 2.75. The van der Waals surface area contributed by atoms with Crippen molar-refractivity contribution in [3.05, 3.63) is 59.2 Å². The van der Waals surface area contributed by atoms with Crippen molar-refractivity contribution in [2.24, 2.45) is 0 Å². The van der Waals surface area contributed by atoms with Crippen LogP contribution < -0.4 is 15.4 Å². The van der Waals surface area contributed by atoms with Crippen molar-refractivity contribution in [1.82, 2.24) is 5.32 Å². The molecule has 0 aromatic heterocycles. The molecule has 2 N–H and O–H groups in total. The second-order valence-corrected chi connectivity index (χ2v) is 7.70. The highest BCUT2D eigenvalue weighted by atomic mass is 32.2. The van der Waals surface area contributed by atoms with Gasteiger partial charge in [0.1, 0.15) is 5.75 Å². The van der Waals surface area contributed by atoms with Crippen molar-refractivity contribution in [3.63, 3.8) is 0 Å². The zero-order valence-corrected chi connectivity index (χ0v) is 17.5. The molecule has 2 amide bonds. The molecular weight excluding hydrogens is 372 g/mol. The summed E-state index contributed by atoms with van der Waals surface area (Å²) < 4.78 is 5.17. The minimum Gasteiger partial charge on any atom is -0.497 e. The van der Waals surface area contributed by atoms with Gasteiger partial charge in [-0.3, -0.25) is 9.59 Å². The average Bonchev–Trinajstić information content (AvgIpc) is 2.69. The van der Waals surface area contributed by atoms with Crippen LogP contribution in [0.5, 0.6) is 5.75 Å². The van der Waals surface area contributed by atoms with E-state index in [1.165, 1.54) is 0 Å². The molecule has 0 unspecified atom stereocenters. The third-order valence-corrected chi connectivity index (χ3v) is 5.34. The molecule has 0 heterocycles. The summed E-state index contributed by atoms with van der Waals surface area (Å²) in [6.07, 6.45) is 1.19. The predicted molar refractivity (Wildman–Crippen MR) is 116 cm³/mol. The number of anilines is 1. The molecule has 0 aliphatic heterocycles. The van der Waals surface area contributed by atoms with Gasteiger partial charge in [-0.1, -0.05) is 30.3 Å². The first-order chi connectivity index (χ1) is 13.5. The fourth-order valence-corrected chi connectivity index (χ4v) is 3.53. The average molecular weight is 401 g/mol. The Balaban J connectivity index is 1.60. The number of rotatable bonds is 10. The smallest absolute Gasteiger partial charge is 0.230 e. The van der Waals surface area contributed by atoms with Crippen molar-refractivity contribution in [2.75, 3.05) is 23.9 Å². The van der Waals surface area contributed by atoms with Crippen LogP contribution in [-0.2, 0) is 16.1 Å². The molecule has 0 spiro atoms. The van der Waals surface area contributed by atoms with Crippen LogP contribution >= 0.6 is 11.8 Å². The molecule has 6 heteroatoms. The van der Waals surface area contributed by atoms with E-state index in [0.717, 1.165) is 40.3 Å². The van der Waals surface area contributed by atoms with E-state index in [-0.39, 0.29) is 11.8 Å². The largest absolute Gasteiger partial charge is 0.497 e. The Hall–Kier alpha value is -2.47. The molecule has 0 aliphatic rings. The summed E-state index contributed by atoms with van der Waals surface area (Å²) in [6, 6.07) is 13.6. The van der Waals surface area contributed by atoms with Crippen molar-refractivity contribution in [1.29, 1.82) is 0 Å². The summed E-state index contributed by atoms with van der Waals surface area (Å²) in [4.78, 5) is 24.1. The maximum absolute atomic E-state index is 12.1. The maximum Gasteiger partial charge on any atom is 0.230 e. The van der Waals surface area contributed by atoms with Gasteiger partial charge < -0.3 is 15.4 Å². The molecular formula is C22H28N2O3S. The standard InChI is InChI=1S/C22H28N2O3S/c1-16-7-4-8-17(2)22(16)24-20(25)11-6-12-28-15-21(26)23-14-18-9-5-10-19(13-18)27-3/h4-5,7-10,13H,6,11-12,14-15H2,1-3H3,(H,23,26)(H,24,25). The van der Waals surface area contributed by atoms with E-state index in [1.54, 1.807) is 18.9 Å². The van der Waals surface area contributed by atoms with Crippen LogP contribution in [0.25, 0.3) is 0 Å². The molecule has 0 bridgehead atoms. The summed E-state index contributed by atoms with van der Waals surface area (Å²) in [7, 11) is 1.62. The molecule has 2 aromatic carbocycles. The van der Waals surface area contributed by atoms with Gasteiger partial charge in [-0.25, -0.2) is 0 Å². The second kappa shape index (κ2) is 11.4. The quantitative estimate of drug-likeness (QED) is 0.590. The van der Waals surface area contributed by atoms with Crippen LogP contribution in [-0.4, -0.2) is 30.4 Å². The summed E-state index contributed by atoms with van der Waals surface area (Å²) >= 11 is 1.54. The number of aryl methyl sites for hydroxylation is 2. The molecule has 150 valence electrons. The number of thioether (sulfide) groups is 1. The number of carbonyl (C=O) groups is 2. The number of ether oxygens (including phenoxy) is 1. The van der Waals surface area contributed by atoms with Crippen LogP contribution in [0.1, 0.15) is 29.5 Å². The Morgan fingerprint density at radius 2 is 1.75 bits per heavy atom. The van der Waals surface area contributed by atoms with E-state index in [2.05, 4.69) is 10.6 Å². The number of methoxy groups -OCH3 is 1. The van der Waals surface area contributed by atoms with Crippen molar-refractivity contribution < 1.29 is 14.3 Å². The summed E-state index contributed by atoms with van der Waals surface area (Å²) in [5, 5.41) is 5.89. The molecule has 0 saturated heterocycles. The zero-order valence-electron chi connectivity index (χ0n) is 16.7. The highest BCUT2D eigenvalue weighted by Gasteiger charge is 2.08. The van der Waals surface area contributed by atoms with Crippen LogP contribution in [0.3, 0.4) is 0 Å². The number of nitrogens with one attached hydrogen (secondary N) is 2. The topological polar surface area (TPSA) is 67.4 Å². The minimum atomic E-state index is -0.00666. The Morgan fingerprint density at radius 3 is 2.46 bits per heavy atom. The molecule has 0 fully saturated rings. The zero-order chi connectivity index (χ0) is 20.4. The third kappa shape index (κ3) is 7.27. The SMILES string of the molecule is COc1cccc(CNC(=O)CSCCCC(=O)Nc2c(C)cccc2C)c1. The van der Waals surface area contributed by atoms with Crippen LogP contribution in [0.15, 0.2) is 42.5 Å². The second-order valence-electron chi connectivity index (χ2n) is 6.60. The van der Waals surface area contributed by atoms with E-state index >= 15 is 0 Å². The van der Waals surface area contributed by atoms with Crippen LogP contribution in [0.2, 0.25) is 0 Å². The molecule has 0 saturated carbocycles. The van der Waals surface area contributed by atoms with Gasteiger partial charge in [-0.2, -0.15) is 11.8 Å². The predicted octanol–water partition coefficient (Wildman–Crippen LogP) is 4.08. The summed E-state index contributed by atoms with van der Waals surface area (Å²) in [6.45, 7) is 4.46. The first-order valence-corrected chi connectivity index (χ1v) is 10.5. The highest BCUT2D eigenvalue weighted by molar-refractivity contribution is 7.99. The number of amides is 2. The molecule has 0 atom stereocenters. The van der Waals surface area contributed by atoms with Gasteiger partial charge in [0, 0.05) is 18.7 Å². The summed E-state index contributed by atoms with van der Waals surface area (Å²) in [5.74, 6) is 1.95. The third-order valence-electron chi connectivity index (χ3n) is 4.30. The fraction of sp³-hybridized carbons (Fsp3) is 0.364. The number of hydrogen-bond acceptors (Lipinski definition) is 4. The van der Waals surface area contributed by atoms with Gasteiger partial charge in [0.05, 0.1) is 12.9 Å². The summed E-state index contributed by atoms with van der Waals surface area (Å²) in [5.41, 5.74) is 4.03. The van der Waals surface area contributed by atoms with Crippen LogP contribution in [0, 0.1) is 13.8 Å². The van der Waals surface area contributed by atoms with E-state index in [0.29, 0.717) is 18.7 Å². The van der Waals surface area contributed by atoms with Crippen LogP contribution in [0.4, 0.5) is 5.69 Å². The van der Waals surface area contributed by atoms with E-state index < -0.39 is 0 Å². The maximum atomic E-state index is 12.1. The first-order valence-electron chi connectivity index (χ1n) is 9.33. The first kappa shape index (κ1) is 21.8. The normalized spacial score (nSPS) is 10.4. The lowest BCUT2D eigenvalue weighted by molar-refractivity contribution is -0.118. The van der Waals surface area contributed by atoms with Gasteiger partial charge in [-0.15, -0.1) is 0 Å². The molecule has 2 aromatic rings. The van der Waals surface area contributed by atoms with Crippen molar-refractivity contribution >= 4 is 29.3 Å². The lowest BCUT2D eigenvalue weighted by atomic mass is 10.1. The van der Waals surface area contributed by atoms with Gasteiger partial charge in [0.15, 0.2) is 0 Å². The lowest BCUT2D eigenvalue weighted by Gasteiger charge is -2.11. The Bertz CT molecular complexity index is 788. The number of benzene rings is 2. The highest BCUT2D eigenvalue weighted by Crippen LogP contribution is 2.20. The van der Waals surface area contributed by atoms with Gasteiger partial charge in [0.2, 0.25) is 11.8 Å². The van der Waals surface area contributed by atoms with Crippen molar-refractivity contribution in [2.45, 2.75) is 33.2 Å². The Labute approximate surface area is 171 Å². The monoisotopic (exact) mass is 400 g/mol. The van der Waals surface area contributed by atoms with Gasteiger partial charge in [0.25, 0.3) is 0 Å². The number of hydrogen-bond donors (Lipinski definition) is 2.